The predicted molar refractivity (Wildman–Crippen MR) is 71.7 cm³/mol. The third-order valence-electron chi connectivity index (χ3n) is 3.50. The van der Waals surface area contributed by atoms with Crippen LogP contribution >= 0.6 is 11.6 Å². The minimum absolute atomic E-state index is 0.149. The van der Waals surface area contributed by atoms with Crippen molar-refractivity contribution in [3.8, 4) is 0 Å². The van der Waals surface area contributed by atoms with Crippen molar-refractivity contribution in [3.05, 3.63) is 34.6 Å². The standard InChI is InChI=1S/C14H17ClFNO2/c15-13-11(5-2-6-12(13)16)14(19)17-8-9-3-1-4-10(18)7-9/h2,5-6,9-10,18H,1,3-4,7-8H2,(H,17,19). The maximum Gasteiger partial charge on any atom is 0.252 e. The van der Waals surface area contributed by atoms with Gasteiger partial charge in [-0.2, -0.15) is 0 Å². The molecule has 2 unspecified atom stereocenters. The second-order valence-corrected chi connectivity index (χ2v) is 5.38. The zero-order valence-electron chi connectivity index (χ0n) is 10.5. The van der Waals surface area contributed by atoms with Crippen molar-refractivity contribution in [1.82, 2.24) is 5.32 Å². The highest BCUT2D eigenvalue weighted by Crippen LogP contribution is 2.24. The van der Waals surface area contributed by atoms with E-state index in [1.54, 1.807) is 0 Å². The van der Waals surface area contributed by atoms with Crippen LogP contribution in [0.4, 0.5) is 4.39 Å². The molecule has 1 fully saturated rings. The van der Waals surface area contributed by atoms with Crippen molar-refractivity contribution in [3.63, 3.8) is 0 Å². The number of nitrogens with one attached hydrogen (secondary N) is 1. The lowest BCUT2D eigenvalue weighted by atomic mass is 9.87. The smallest absolute Gasteiger partial charge is 0.252 e. The first-order valence-corrected chi connectivity index (χ1v) is 6.86. The molecule has 1 aromatic carbocycles. The van der Waals surface area contributed by atoms with Gasteiger partial charge >= 0.3 is 0 Å². The minimum Gasteiger partial charge on any atom is -0.393 e. The van der Waals surface area contributed by atoms with Crippen LogP contribution in [-0.4, -0.2) is 23.7 Å². The van der Waals surface area contributed by atoms with Crippen LogP contribution in [0.1, 0.15) is 36.0 Å². The van der Waals surface area contributed by atoms with Crippen LogP contribution in [0.5, 0.6) is 0 Å². The highest BCUT2D eigenvalue weighted by molar-refractivity contribution is 6.34. The molecule has 1 aromatic rings. The third-order valence-corrected chi connectivity index (χ3v) is 3.89. The maximum atomic E-state index is 13.2. The summed E-state index contributed by atoms with van der Waals surface area (Å²) in [5, 5.41) is 12.2. The molecular weight excluding hydrogens is 269 g/mol. The van der Waals surface area contributed by atoms with Crippen LogP contribution in [0.3, 0.4) is 0 Å². The lowest BCUT2D eigenvalue weighted by molar-refractivity contribution is 0.0873. The molecule has 0 radical (unpaired) electrons. The van der Waals surface area contributed by atoms with Gasteiger partial charge in [-0.25, -0.2) is 4.39 Å². The van der Waals surface area contributed by atoms with Gasteiger partial charge in [-0.05, 0) is 37.3 Å². The largest absolute Gasteiger partial charge is 0.393 e. The van der Waals surface area contributed by atoms with E-state index in [4.69, 9.17) is 11.6 Å². The van der Waals surface area contributed by atoms with Gasteiger partial charge in [-0.3, -0.25) is 4.79 Å². The van der Waals surface area contributed by atoms with Crippen LogP contribution in [0.15, 0.2) is 18.2 Å². The van der Waals surface area contributed by atoms with Gasteiger partial charge in [0.2, 0.25) is 0 Å². The first-order valence-electron chi connectivity index (χ1n) is 6.48. The molecule has 2 rings (SSSR count). The van der Waals surface area contributed by atoms with E-state index in [0.717, 1.165) is 19.3 Å². The Morgan fingerprint density at radius 1 is 1.47 bits per heavy atom. The molecule has 2 atom stereocenters. The van der Waals surface area contributed by atoms with E-state index in [0.29, 0.717) is 13.0 Å². The molecule has 2 N–H and O–H groups in total. The highest BCUT2D eigenvalue weighted by Gasteiger charge is 2.21. The Morgan fingerprint density at radius 2 is 2.26 bits per heavy atom. The second-order valence-electron chi connectivity index (χ2n) is 5.00. The molecule has 1 saturated carbocycles. The molecule has 1 amide bonds. The van der Waals surface area contributed by atoms with E-state index < -0.39 is 5.82 Å². The molecule has 0 bridgehead atoms. The Kier molecular flexibility index (Phi) is 4.77. The molecule has 3 nitrogen and oxygen atoms in total. The average Bonchev–Trinajstić information content (AvgIpc) is 2.39. The second kappa shape index (κ2) is 6.35. The van der Waals surface area contributed by atoms with E-state index in [-0.39, 0.29) is 28.5 Å². The van der Waals surface area contributed by atoms with Gasteiger partial charge in [-0.15, -0.1) is 0 Å². The quantitative estimate of drug-likeness (QED) is 0.897. The van der Waals surface area contributed by atoms with E-state index in [2.05, 4.69) is 5.32 Å². The molecule has 5 heteroatoms. The van der Waals surface area contributed by atoms with Crippen LogP contribution in [-0.2, 0) is 0 Å². The first kappa shape index (κ1) is 14.3. The first-order chi connectivity index (χ1) is 9.08. The van der Waals surface area contributed by atoms with Crippen molar-refractivity contribution in [2.24, 2.45) is 5.92 Å². The molecule has 0 aromatic heterocycles. The fraction of sp³-hybridized carbons (Fsp3) is 0.500. The van der Waals surface area contributed by atoms with Crippen molar-refractivity contribution < 1.29 is 14.3 Å². The molecule has 0 aliphatic heterocycles. The van der Waals surface area contributed by atoms with Crippen molar-refractivity contribution in [2.75, 3.05) is 6.54 Å². The summed E-state index contributed by atoms with van der Waals surface area (Å²) in [6, 6.07) is 4.17. The third kappa shape index (κ3) is 3.67. The predicted octanol–water partition coefficient (Wildman–Crippen LogP) is 2.76. The lowest BCUT2D eigenvalue weighted by Gasteiger charge is -2.25. The molecule has 0 spiro atoms. The number of hydrogen-bond acceptors (Lipinski definition) is 2. The zero-order valence-corrected chi connectivity index (χ0v) is 11.3. The Balaban J connectivity index is 1.92. The van der Waals surface area contributed by atoms with Gasteiger partial charge in [-0.1, -0.05) is 24.1 Å². The summed E-state index contributed by atoms with van der Waals surface area (Å²) in [6.07, 6.45) is 3.24. The summed E-state index contributed by atoms with van der Waals surface area (Å²) >= 11 is 5.76. The molecule has 0 heterocycles. The van der Waals surface area contributed by atoms with Crippen LogP contribution in [0.2, 0.25) is 5.02 Å². The Bertz CT molecular complexity index is 467. The number of aliphatic hydroxyl groups excluding tert-OH is 1. The molecule has 104 valence electrons. The molecule has 0 saturated heterocycles. The summed E-state index contributed by atoms with van der Waals surface area (Å²) in [6.45, 7) is 0.489. The number of amides is 1. The Hall–Kier alpha value is -1.13. The maximum absolute atomic E-state index is 13.2. The number of aliphatic hydroxyl groups is 1. The number of carbonyl (C=O) groups excluding carboxylic acids is 1. The van der Waals surface area contributed by atoms with Crippen LogP contribution in [0, 0.1) is 11.7 Å². The number of halogens is 2. The Labute approximate surface area is 116 Å². The highest BCUT2D eigenvalue weighted by atomic mass is 35.5. The fourth-order valence-corrected chi connectivity index (χ4v) is 2.67. The van der Waals surface area contributed by atoms with Crippen molar-refractivity contribution in [2.45, 2.75) is 31.8 Å². The topological polar surface area (TPSA) is 49.3 Å². The monoisotopic (exact) mass is 285 g/mol. The van der Waals surface area contributed by atoms with Gasteiger partial charge < -0.3 is 10.4 Å². The zero-order chi connectivity index (χ0) is 13.8. The van der Waals surface area contributed by atoms with Gasteiger partial charge in [0, 0.05) is 6.54 Å². The number of benzene rings is 1. The molecule has 19 heavy (non-hydrogen) atoms. The normalized spacial score (nSPS) is 23.1. The van der Waals surface area contributed by atoms with E-state index in [9.17, 15) is 14.3 Å². The molecule has 1 aliphatic rings. The van der Waals surface area contributed by atoms with Crippen LogP contribution in [0.25, 0.3) is 0 Å². The summed E-state index contributed by atoms with van der Waals surface area (Å²) in [5.41, 5.74) is 0.151. The van der Waals surface area contributed by atoms with Crippen LogP contribution < -0.4 is 5.32 Å². The van der Waals surface area contributed by atoms with E-state index in [1.165, 1.54) is 18.2 Å². The van der Waals surface area contributed by atoms with Gasteiger partial charge in [0.05, 0.1) is 16.7 Å². The number of hydrogen-bond donors (Lipinski definition) is 2. The van der Waals surface area contributed by atoms with E-state index >= 15 is 0 Å². The summed E-state index contributed by atoms with van der Waals surface area (Å²) in [5.74, 6) is -0.688. The SMILES string of the molecule is O=C(NCC1CCCC(O)C1)c1cccc(F)c1Cl. The average molecular weight is 286 g/mol. The number of carbonyl (C=O) groups is 1. The van der Waals surface area contributed by atoms with Crippen molar-refractivity contribution >= 4 is 17.5 Å². The van der Waals surface area contributed by atoms with Gasteiger partial charge in [0.25, 0.3) is 5.91 Å². The van der Waals surface area contributed by atoms with Gasteiger partial charge in [0.15, 0.2) is 0 Å². The fourth-order valence-electron chi connectivity index (χ4n) is 2.46. The van der Waals surface area contributed by atoms with Gasteiger partial charge in [0.1, 0.15) is 5.82 Å². The summed E-state index contributed by atoms with van der Waals surface area (Å²) < 4.78 is 13.2. The molecular formula is C14H17ClFNO2. The van der Waals surface area contributed by atoms with E-state index in [1.807, 2.05) is 0 Å². The molecule has 1 aliphatic carbocycles. The Morgan fingerprint density at radius 3 is 3.00 bits per heavy atom. The lowest BCUT2D eigenvalue weighted by Crippen LogP contribution is -2.33. The minimum atomic E-state index is -0.595. The van der Waals surface area contributed by atoms with Crippen molar-refractivity contribution in [1.29, 1.82) is 0 Å². The summed E-state index contributed by atoms with van der Waals surface area (Å²) in [7, 11) is 0. The summed E-state index contributed by atoms with van der Waals surface area (Å²) in [4.78, 5) is 11.9. The number of rotatable bonds is 3.